The fraction of sp³-hybridized carbons (Fsp3) is 0.333. The second-order valence-electron chi connectivity index (χ2n) is 3.56. The summed E-state index contributed by atoms with van der Waals surface area (Å²) < 4.78 is 10.7. The summed E-state index contributed by atoms with van der Waals surface area (Å²) in [6.07, 6.45) is 1.88. The van der Waals surface area contributed by atoms with E-state index in [-0.39, 0.29) is 0 Å². The minimum absolute atomic E-state index is 0.295. The maximum absolute atomic E-state index is 5.41. The molecule has 3 nitrogen and oxygen atoms in total. The molecule has 1 unspecified atom stereocenters. The summed E-state index contributed by atoms with van der Waals surface area (Å²) in [4.78, 5) is 0. The molecule has 1 aliphatic rings. The Morgan fingerprint density at radius 3 is 3.20 bits per heavy atom. The van der Waals surface area contributed by atoms with Crippen molar-refractivity contribution in [2.75, 3.05) is 6.79 Å². The molecule has 15 heavy (non-hydrogen) atoms. The maximum Gasteiger partial charge on any atom is 0.231 e. The number of hydrogen-bond donors (Lipinski definition) is 1. The van der Waals surface area contributed by atoms with Crippen LogP contribution >= 0.6 is 0 Å². The molecule has 0 fully saturated rings. The Kier molecular flexibility index (Phi) is 2.92. The number of ether oxygens (including phenoxy) is 2. The van der Waals surface area contributed by atoms with Gasteiger partial charge in [-0.25, -0.2) is 0 Å². The van der Waals surface area contributed by atoms with Crippen molar-refractivity contribution in [1.82, 2.24) is 5.32 Å². The van der Waals surface area contributed by atoms with Gasteiger partial charge in [-0.15, -0.1) is 6.58 Å². The first-order chi connectivity index (χ1) is 7.31. The monoisotopic (exact) mass is 205 g/mol. The molecule has 0 spiro atoms. The largest absolute Gasteiger partial charge is 0.454 e. The van der Waals surface area contributed by atoms with Crippen molar-refractivity contribution < 1.29 is 9.47 Å². The Hall–Kier alpha value is -1.48. The number of fused-ring (bicyclic) bond motifs is 1. The normalized spacial score (nSPS) is 15.0. The van der Waals surface area contributed by atoms with Crippen LogP contribution in [-0.2, 0) is 6.54 Å². The molecule has 0 amide bonds. The topological polar surface area (TPSA) is 30.5 Å². The molecular weight excluding hydrogens is 190 g/mol. The number of rotatable bonds is 4. The summed E-state index contributed by atoms with van der Waals surface area (Å²) in [6, 6.07) is 6.23. The van der Waals surface area contributed by atoms with Gasteiger partial charge in [-0.05, 0) is 13.0 Å². The molecule has 1 aromatic rings. The van der Waals surface area contributed by atoms with E-state index in [9.17, 15) is 0 Å². The average molecular weight is 205 g/mol. The zero-order valence-corrected chi connectivity index (χ0v) is 8.82. The molecule has 0 saturated carbocycles. The van der Waals surface area contributed by atoms with Crippen molar-refractivity contribution in [3.05, 3.63) is 36.4 Å². The van der Waals surface area contributed by atoms with Crippen molar-refractivity contribution in [3.8, 4) is 11.5 Å². The molecule has 1 aromatic carbocycles. The Labute approximate surface area is 89.7 Å². The van der Waals surface area contributed by atoms with E-state index in [4.69, 9.17) is 9.47 Å². The second kappa shape index (κ2) is 4.36. The van der Waals surface area contributed by atoms with Gasteiger partial charge in [0, 0.05) is 18.2 Å². The Morgan fingerprint density at radius 2 is 2.40 bits per heavy atom. The third kappa shape index (κ3) is 2.13. The molecule has 0 radical (unpaired) electrons. The first-order valence-corrected chi connectivity index (χ1v) is 5.04. The Bertz CT molecular complexity index is 363. The van der Waals surface area contributed by atoms with Crippen molar-refractivity contribution in [1.29, 1.82) is 0 Å². The van der Waals surface area contributed by atoms with Gasteiger partial charge in [0.2, 0.25) is 6.79 Å². The van der Waals surface area contributed by atoms with Crippen LogP contribution in [0.3, 0.4) is 0 Å². The summed E-state index contributed by atoms with van der Waals surface area (Å²) in [6.45, 7) is 6.88. The van der Waals surface area contributed by atoms with Crippen LogP contribution in [0.2, 0.25) is 0 Å². The van der Waals surface area contributed by atoms with E-state index >= 15 is 0 Å². The summed E-state index contributed by atoms with van der Waals surface area (Å²) in [5.74, 6) is 1.70. The smallest absolute Gasteiger partial charge is 0.231 e. The van der Waals surface area contributed by atoms with E-state index in [1.807, 2.05) is 24.3 Å². The van der Waals surface area contributed by atoms with Gasteiger partial charge in [-0.1, -0.05) is 18.2 Å². The lowest BCUT2D eigenvalue weighted by molar-refractivity contribution is 0.173. The lowest BCUT2D eigenvalue weighted by Gasteiger charge is -2.10. The van der Waals surface area contributed by atoms with Crippen LogP contribution in [-0.4, -0.2) is 12.8 Å². The van der Waals surface area contributed by atoms with Crippen molar-refractivity contribution in [3.63, 3.8) is 0 Å². The van der Waals surface area contributed by atoms with Crippen LogP contribution < -0.4 is 14.8 Å². The van der Waals surface area contributed by atoms with Crippen LogP contribution in [0.15, 0.2) is 30.9 Å². The van der Waals surface area contributed by atoms with E-state index < -0.39 is 0 Å². The van der Waals surface area contributed by atoms with Gasteiger partial charge in [0.25, 0.3) is 0 Å². The molecule has 80 valence electrons. The lowest BCUT2D eigenvalue weighted by Crippen LogP contribution is -2.23. The van der Waals surface area contributed by atoms with E-state index in [0.717, 1.165) is 23.6 Å². The first kappa shape index (κ1) is 10.1. The molecule has 0 aromatic heterocycles. The predicted octanol–water partition coefficient (Wildman–Crippen LogP) is 2.08. The molecule has 3 heteroatoms. The van der Waals surface area contributed by atoms with Gasteiger partial charge in [-0.3, -0.25) is 0 Å². The molecule has 0 saturated heterocycles. The molecule has 1 atom stereocenters. The predicted molar refractivity (Wildman–Crippen MR) is 59.1 cm³/mol. The SMILES string of the molecule is C=CC(C)NCc1cccc2c1OCO2. The molecule has 1 N–H and O–H groups in total. The van der Waals surface area contributed by atoms with Gasteiger partial charge in [0.1, 0.15) is 0 Å². The van der Waals surface area contributed by atoms with E-state index in [1.54, 1.807) is 0 Å². The summed E-state index contributed by atoms with van der Waals surface area (Å²) in [5.41, 5.74) is 1.12. The molecule has 0 aliphatic carbocycles. The minimum Gasteiger partial charge on any atom is -0.454 e. The van der Waals surface area contributed by atoms with Crippen molar-refractivity contribution in [2.24, 2.45) is 0 Å². The highest BCUT2D eigenvalue weighted by atomic mass is 16.7. The fourth-order valence-corrected chi connectivity index (χ4v) is 1.48. The third-order valence-electron chi connectivity index (χ3n) is 2.45. The summed E-state index contributed by atoms with van der Waals surface area (Å²) in [7, 11) is 0. The Morgan fingerprint density at radius 1 is 1.53 bits per heavy atom. The number of para-hydroxylation sites is 1. The van der Waals surface area contributed by atoms with Crippen molar-refractivity contribution in [2.45, 2.75) is 19.5 Å². The second-order valence-corrected chi connectivity index (χ2v) is 3.56. The highest BCUT2D eigenvalue weighted by Gasteiger charge is 2.16. The number of benzene rings is 1. The van der Waals surface area contributed by atoms with Gasteiger partial charge < -0.3 is 14.8 Å². The van der Waals surface area contributed by atoms with E-state index in [1.165, 1.54) is 0 Å². The summed E-state index contributed by atoms with van der Waals surface area (Å²) >= 11 is 0. The van der Waals surface area contributed by atoms with Crippen LogP contribution in [0, 0.1) is 0 Å². The van der Waals surface area contributed by atoms with Crippen LogP contribution in [0.25, 0.3) is 0 Å². The molecule has 2 rings (SSSR count). The lowest BCUT2D eigenvalue weighted by atomic mass is 10.1. The van der Waals surface area contributed by atoms with Gasteiger partial charge in [0.15, 0.2) is 11.5 Å². The minimum atomic E-state index is 0.295. The zero-order chi connectivity index (χ0) is 10.7. The first-order valence-electron chi connectivity index (χ1n) is 5.04. The molecule has 1 aliphatic heterocycles. The maximum atomic E-state index is 5.41. The van der Waals surface area contributed by atoms with Crippen LogP contribution in [0.4, 0.5) is 0 Å². The molecule has 0 bridgehead atoms. The average Bonchev–Trinajstić information content (AvgIpc) is 2.74. The van der Waals surface area contributed by atoms with E-state index in [2.05, 4.69) is 18.8 Å². The standard InChI is InChI=1S/C12H15NO2/c1-3-9(2)13-7-10-5-4-6-11-12(10)15-8-14-11/h3-6,9,13H,1,7-8H2,2H3. The van der Waals surface area contributed by atoms with E-state index in [0.29, 0.717) is 12.8 Å². The zero-order valence-electron chi connectivity index (χ0n) is 8.82. The molecule has 1 heterocycles. The van der Waals surface area contributed by atoms with Crippen LogP contribution in [0.1, 0.15) is 12.5 Å². The fourth-order valence-electron chi connectivity index (χ4n) is 1.48. The number of nitrogens with one attached hydrogen (secondary N) is 1. The van der Waals surface area contributed by atoms with Gasteiger partial charge >= 0.3 is 0 Å². The Balaban J connectivity index is 2.09. The van der Waals surface area contributed by atoms with Crippen molar-refractivity contribution >= 4 is 0 Å². The third-order valence-corrected chi connectivity index (χ3v) is 2.45. The van der Waals surface area contributed by atoms with Gasteiger partial charge in [0.05, 0.1) is 0 Å². The highest BCUT2D eigenvalue weighted by molar-refractivity contribution is 5.48. The van der Waals surface area contributed by atoms with Crippen LogP contribution in [0.5, 0.6) is 11.5 Å². The quantitative estimate of drug-likeness (QED) is 0.763. The molecular formula is C12H15NO2. The van der Waals surface area contributed by atoms with Gasteiger partial charge in [-0.2, -0.15) is 0 Å². The highest BCUT2D eigenvalue weighted by Crippen LogP contribution is 2.35. The summed E-state index contributed by atoms with van der Waals surface area (Å²) in [5, 5.41) is 3.32. The number of hydrogen-bond acceptors (Lipinski definition) is 3.